The highest BCUT2D eigenvalue weighted by Gasteiger charge is 2.20. The minimum absolute atomic E-state index is 0.00101. The quantitative estimate of drug-likeness (QED) is 0.511. The fourth-order valence-corrected chi connectivity index (χ4v) is 3.35. The molecule has 0 aliphatic rings. The first-order valence-corrected chi connectivity index (χ1v) is 9.92. The van der Waals surface area contributed by atoms with Crippen molar-refractivity contribution in [3.8, 4) is 5.75 Å². The molecule has 2 N–H and O–H groups in total. The van der Waals surface area contributed by atoms with Gasteiger partial charge in [-0.05, 0) is 43.7 Å². The average Bonchev–Trinajstić information content (AvgIpc) is 2.67. The smallest absolute Gasteiger partial charge is 0.271 e. The first-order chi connectivity index (χ1) is 13.2. The van der Waals surface area contributed by atoms with Gasteiger partial charge in [-0.1, -0.05) is 6.92 Å². The fourth-order valence-electron chi connectivity index (χ4n) is 2.29. The van der Waals surface area contributed by atoms with Gasteiger partial charge in [0.2, 0.25) is 0 Å². The number of anilines is 1. The summed E-state index contributed by atoms with van der Waals surface area (Å²) in [6.45, 7) is 3.81. The number of carbonyl (C=O) groups is 1. The van der Waals surface area contributed by atoms with E-state index in [2.05, 4.69) is 10.0 Å². The van der Waals surface area contributed by atoms with Crippen LogP contribution < -0.4 is 14.8 Å². The first kappa shape index (κ1) is 21.2. The molecule has 0 saturated carbocycles. The molecule has 0 radical (unpaired) electrons. The lowest BCUT2D eigenvalue weighted by Gasteiger charge is -2.13. The summed E-state index contributed by atoms with van der Waals surface area (Å²) in [6, 6.07) is 8.96. The van der Waals surface area contributed by atoms with Crippen LogP contribution in [-0.4, -0.2) is 32.4 Å². The van der Waals surface area contributed by atoms with Crippen LogP contribution in [0.4, 0.5) is 11.4 Å². The zero-order valence-electron chi connectivity index (χ0n) is 15.6. The van der Waals surface area contributed by atoms with Gasteiger partial charge in [-0.15, -0.1) is 0 Å². The molecule has 10 heteroatoms. The molecule has 9 nitrogen and oxygen atoms in total. The van der Waals surface area contributed by atoms with Crippen molar-refractivity contribution in [3.63, 3.8) is 0 Å². The Bertz CT molecular complexity index is 973. The van der Waals surface area contributed by atoms with E-state index < -0.39 is 14.9 Å². The van der Waals surface area contributed by atoms with Crippen molar-refractivity contribution in [2.24, 2.45) is 0 Å². The van der Waals surface area contributed by atoms with Gasteiger partial charge in [0.15, 0.2) is 0 Å². The number of nitrogens with zero attached hydrogens (tertiary/aromatic N) is 1. The Kier molecular flexibility index (Phi) is 6.57. The van der Waals surface area contributed by atoms with E-state index in [1.165, 1.54) is 43.5 Å². The summed E-state index contributed by atoms with van der Waals surface area (Å²) in [5.74, 6) is -0.162. The predicted molar refractivity (Wildman–Crippen MR) is 104 cm³/mol. The zero-order chi connectivity index (χ0) is 20.9. The average molecular weight is 407 g/mol. The number of nitro benzene ring substituents is 1. The van der Waals surface area contributed by atoms with Crippen LogP contribution in [0, 0.1) is 10.1 Å². The van der Waals surface area contributed by atoms with Crippen LogP contribution in [0.2, 0.25) is 0 Å². The normalized spacial score (nSPS) is 12.1. The van der Waals surface area contributed by atoms with Crippen LogP contribution in [0.3, 0.4) is 0 Å². The molecule has 0 aliphatic carbocycles. The number of amides is 1. The summed E-state index contributed by atoms with van der Waals surface area (Å²) in [5, 5.41) is 13.7. The number of sulfonamides is 1. The Hall–Kier alpha value is -3.14. The van der Waals surface area contributed by atoms with Crippen LogP contribution in [0.25, 0.3) is 0 Å². The van der Waals surface area contributed by atoms with Gasteiger partial charge in [-0.2, -0.15) is 0 Å². The predicted octanol–water partition coefficient (Wildman–Crippen LogP) is 2.93. The van der Waals surface area contributed by atoms with Crippen molar-refractivity contribution >= 4 is 27.3 Å². The van der Waals surface area contributed by atoms with Gasteiger partial charge < -0.3 is 10.1 Å². The second kappa shape index (κ2) is 8.70. The number of carbonyl (C=O) groups excluding carboxylic acids is 1. The van der Waals surface area contributed by atoms with Crippen molar-refractivity contribution in [1.82, 2.24) is 5.32 Å². The molecule has 150 valence electrons. The number of hydrogen-bond acceptors (Lipinski definition) is 6. The van der Waals surface area contributed by atoms with Crippen LogP contribution in [-0.2, 0) is 10.0 Å². The second-order valence-corrected chi connectivity index (χ2v) is 7.74. The third kappa shape index (κ3) is 4.97. The highest BCUT2D eigenvalue weighted by atomic mass is 32.2. The third-order valence-corrected chi connectivity index (χ3v) is 5.44. The molecule has 1 amide bonds. The van der Waals surface area contributed by atoms with Crippen LogP contribution in [0.1, 0.15) is 30.6 Å². The first-order valence-electron chi connectivity index (χ1n) is 8.44. The molecular weight excluding hydrogens is 386 g/mol. The molecule has 0 aromatic heterocycles. The van der Waals surface area contributed by atoms with E-state index in [0.29, 0.717) is 5.56 Å². The van der Waals surface area contributed by atoms with E-state index in [1.807, 2.05) is 13.8 Å². The van der Waals surface area contributed by atoms with Crippen LogP contribution >= 0.6 is 0 Å². The second-order valence-electron chi connectivity index (χ2n) is 6.05. The van der Waals surface area contributed by atoms with Crippen molar-refractivity contribution in [1.29, 1.82) is 0 Å². The molecule has 0 heterocycles. The summed E-state index contributed by atoms with van der Waals surface area (Å²) < 4.78 is 32.6. The number of non-ortho nitro benzene ring substituents is 1. The standard InChI is InChI=1S/C18H21N3O6S/c1-4-12(2)19-18(22)13-5-8-15(9-6-13)28(25,26)20-16-11-14(21(23)24)7-10-17(16)27-3/h5-12,20H,4H2,1-3H3,(H,19,22). The van der Waals surface area contributed by atoms with E-state index in [-0.39, 0.29) is 34.0 Å². The summed E-state index contributed by atoms with van der Waals surface area (Å²) in [4.78, 5) is 22.3. The van der Waals surface area contributed by atoms with Crippen molar-refractivity contribution in [3.05, 3.63) is 58.1 Å². The molecule has 0 spiro atoms. The minimum atomic E-state index is -4.04. The molecular formula is C18H21N3O6S. The molecule has 1 atom stereocenters. The van der Waals surface area contributed by atoms with Crippen LogP contribution in [0.15, 0.2) is 47.4 Å². The Labute approximate surface area is 162 Å². The lowest BCUT2D eigenvalue weighted by molar-refractivity contribution is -0.384. The molecule has 0 saturated heterocycles. The highest BCUT2D eigenvalue weighted by Crippen LogP contribution is 2.30. The summed E-state index contributed by atoms with van der Waals surface area (Å²) in [7, 11) is -2.72. The van der Waals surface area contributed by atoms with Gasteiger partial charge in [0.05, 0.1) is 22.6 Å². The summed E-state index contributed by atoms with van der Waals surface area (Å²) >= 11 is 0. The van der Waals surface area contributed by atoms with E-state index in [9.17, 15) is 23.3 Å². The van der Waals surface area contributed by atoms with Gasteiger partial charge in [0.1, 0.15) is 5.75 Å². The minimum Gasteiger partial charge on any atom is -0.495 e. The monoisotopic (exact) mass is 407 g/mol. The summed E-state index contributed by atoms with van der Waals surface area (Å²) in [6.07, 6.45) is 0.771. The molecule has 0 bridgehead atoms. The number of methoxy groups -OCH3 is 1. The lowest BCUT2D eigenvalue weighted by Crippen LogP contribution is -2.31. The molecule has 2 aromatic carbocycles. The maximum absolute atomic E-state index is 12.6. The highest BCUT2D eigenvalue weighted by molar-refractivity contribution is 7.92. The van der Waals surface area contributed by atoms with E-state index in [0.717, 1.165) is 12.5 Å². The zero-order valence-corrected chi connectivity index (χ0v) is 16.4. The molecule has 2 aromatic rings. The van der Waals surface area contributed by atoms with E-state index >= 15 is 0 Å². The van der Waals surface area contributed by atoms with Gasteiger partial charge in [0, 0.05) is 23.7 Å². The number of nitro groups is 1. The maximum atomic E-state index is 12.6. The van der Waals surface area contributed by atoms with Crippen LogP contribution in [0.5, 0.6) is 5.75 Å². The van der Waals surface area contributed by atoms with E-state index in [1.54, 1.807) is 0 Å². The lowest BCUT2D eigenvalue weighted by atomic mass is 10.2. The van der Waals surface area contributed by atoms with Gasteiger partial charge in [-0.25, -0.2) is 8.42 Å². The summed E-state index contributed by atoms with van der Waals surface area (Å²) in [5.41, 5.74) is -0.0157. The van der Waals surface area contributed by atoms with Gasteiger partial charge >= 0.3 is 0 Å². The Balaban J connectivity index is 2.27. The van der Waals surface area contributed by atoms with Gasteiger partial charge in [-0.3, -0.25) is 19.6 Å². The topological polar surface area (TPSA) is 128 Å². The number of nitrogens with one attached hydrogen (secondary N) is 2. The Morgan fingerprint density at radius 1 is 1.21 bits per heavy atom. The SMILES string of the molecule is CCC(C)NC(=O)c1ccc(S(=O)(=O)Nc2cc([N+](=O)[O-])ccc2OC)cc1. The molecule has 1 unspecified atom stereocenters. The van der Waals surface area contributed by atoms with Crippen molar-refractivity contribution < 1.29 is 22.9 Å². The number of hydrogen-bond donors (Lipinski definition) is 2. The Morgan fingerprint density at radius 3 is 2.39 bits per heavy atom. The third-order valence-electron chi connectivity index (χ3n) is 4.05. The largest absolute Gasteiger partial charge is 0.495 e. The Morgan fingerprint density at radius 2 is 1.86 bits per heavy atom. The fraction of sp³-hybridized carbons (Fsp3) is 0.278. The van der Waals surface area contributed by atoms with Gasteiger partial charge in [0.25, 0.3) is 21.6 Å². The molecule has 0 fully saturated rings. The maximum Gasteiger partial charge on any atom is 0.271 e. The molecule has 28 heavy (non-hydrogen) atoms. The molecule has 0 aliphatic heterocycles. The van der Waals surface area contributed by atoms with Crippen molar-refractivity contribution in [2.75, 3.05) is 11.8 Å². The number of benzene rings is 2. The van der Waals surface area contributed by atoms with E-state index in [4.69, 9.17) is 4.74 Å². The number of ether oxygens (including phenoxy) is 1. The molecule has 2 rings (SSSR count). The van der Waals surface area contributed by atoms with Crippen molar-refractivity contribution in [2.45, 2.75) is 31.2 Å². The number of rotatable bonds is 8.